The van der Waals surface area contributed by atoms with Crippen LogP contribution < -0.4 is 5.32 Å². The zero-order chi connectivity index (χ0) is 18.3. The maximum atomic E-state index is 12.8. The molecule has 1 unspecified atom stereocenters. The van der Waals surface area contributed by atoms with Crippen molar-refractivity contribution in [1.29, 1.82) is 0 Å². The van der Waals surface area contributed by atoms with Crippen molar-refractivity contribution in [1.82, 2.24) is 10.2 Å². The van der Waals surface area contributed by atoms with Crippen molar-refractivity contribution < 1.29 is 18.3 Å². The maximum absolute atomic E-state index is 12.8. The number of hydrogen-bond donors (Lipinski definition) is 1. The number of rotatable bonds is 4. The molecule has 1 aromatic rings. The van der Waals surface area contributed by atoms with Crippen molar-refractivity contribution in [3.63, 3.8) is 0 Å². The quantitative estimate of drug-likeness (QED) is 0.868. The summed E-state index contributed by atoms with van der Waals surface area (Å²) in [5.41, 5.74) is 0.904. The van der Waals surface area contributed by atoms with Crippen molar-refractivity contribution in [2.45, 2.75) is 57.1 Å². The molecule has 2 saturated heterocycles. The number of alkyl halides is 2. The highest BCUT2D eigenvalue weighted by Gasteiger charge is 2.45. The van der Waals surface area contributed by atoms with Gasteiger partial charge in [-0.2, -0.15) is 0 Å². The molecule has 0 radical (unpaired) electrons. The minimum Gasteiger partial charge on any atom is -0.369 e. The molecule has 0 aromatic carbocycles. The Morgan fingerprint density at radius 1 is 1.50 bits per heavy atom. The van der Waals surface area contributed by atoms with Crippen molar-refractivity contribution >= 4 is 17.2 Å². The van der Waals surface area contributed by atoms with E-state index in [-0.39, 0.29) is 17.9 Å². The summed E-state index contributed by atoms with van der Waals surface area (Å²) in [5.74, 6) is 0.544. The number of piperidine rings is 1. The molecule has 1 aromatic heterocycles. The molecule has 0 saturated carbocycles. The van der Waals surface area contributed by atoms with Crippen LogP contribution in [0, 0.1) is 5.92 Å². The molecule has 7 heteroatoms. The van der Waals surface area contributed by atoms with E-state index in [2.05, 4.69) is 17.1 Å². The maximum Gasteiger partial charge on any atom is 0.243 e. The highest BCUT2D eigenvalue weighted by molar-refractivity contribution is 7.12. The van der Waals surface area contributed by atoms with Gasteiger partial charge in [0.1, 0.15) is 5.60 Å². The van der Waals surface area contributed by atoms with Crippen LogP contribution in [0.4, 0.5) is 8.78 Å². The number of amides is 1. The van der Waals surface area contributed by atoms with Gasteiger partial charge < -0.3 is 15.0 Å². The minimum atomic E-state index is -2.30. The molecule has 4 nitrogen and oxygen atoms in total. The zero-order valence-corrected chi connectivity index (χ0v) is 15.9. The van der Waals surface area contributed by atoms with Crippen LogP contribution in [0.15, 0.2) is 6.07 Å². The first kappa shape index (κ1) is 18.3. The molecule has 0 aliphatic carbocycles. The van der Waals surface area contributed by atoms with Gasteiger partial charge in [0.15, 0.2) is 0 Å². The number of carbonyl (C=O) groups excluding carboxylic acids is 1. The third-order valence-corrected chi connectivity index (χ3v) is 7.37. The largest absolute Gasteiger partial charge is 0.369 e. The number of nitrogens with zero attached hydrogens (tertiary/aromatic N) is 1. The first-order valence-corrected chi connectivity index (χ1v) is 10.3. The van der Waals surface area contributed by atoms with Crippen LogP contribution in [-0.2, 0) is 28.0 Å². The third kappa shape index (κ3) is 3.53. The molecule has 3 aliphatic rings. The van der Waals surface area contributed by atoms with E-state index in [1.54, 1.807) is 0 Å². The fraction of sp³-hybridized carbons (Fsp3) is 0.737. The Balaban J connectivity index is 1.47. The lowest BCUT2D eigenvalue weighted by Crippen LogP contribution is -2.51. The Hall–Kier alpha value is -1.05. The van der Waals surface area contributed by atoms with Gasteiger partial charge in [-0.15, -0.1) is 11.3 Å². The summed E-state index contributed by atoms with van der Waals surface area (Å²) in [6, 6.07) is 2.33. The van der Waals surface area contributed by atoms with Gasteiger partial charge >= 0.3 is 0 Å². The molecule has 26 heavy (non-hydrogen) atoms. The average Bonchev–Trinajstić information content (AvgIpc) is 3.16. The van der Waals surface area contributed by atoms with E-state index >= 15 is 0 Å². The number of nitrogens with one attached hydrogen (secondary N) is 1. The predicted molar refractivity (Wildman–Crippen MR) is 96.7 cm³/mol. The van der Waals surface area contributed by atoms with Crippen LogP contribution in [-0.4, -0.2) is 49.5 Å². The van der Waals surface area contributed by atoms with Gasteiger partial charge in [-0.05, 0) is 43.7 Å². The lowest BCUT2D eigenvalue weighted by molar-refractivity contribution is -0.120. The van der Waals surface area contributed by atoms with Gasteiger partial charge in [-0.3, -0.25) is 4.79 Å². The van der Waals surface area contributed by atoms with Crippen molar-refractivity contribution in [3.05, 3.63) is 21.4 Å². The Morgan fingerprint density at radius 3 is 3.04 bits per heavy atom. The molecule has 1 N–H and O–H groups in total. The summed E-state index contributed by atoms with van der Waals surface area (Å²) in [6.45, 7) is 5.52. The number of likely N-dealkylation sites (tertiary alicyclic amines) is 1. The topological polar surface area (TPSA) is 41.6 Å². The van der Waals surface area contributed by atoms with Gasteiger partial charge in [0.25, 0.3) is 0 Å². The Kier molecular flexibility index (Phi) is 5.05. The molecule has 144 valence electrons. The number of thiophene rings is 1. The van der Waals surface area contributed by atoms with Gasteiger partial charge in [0, 0.05) is 48.3 Å². The van der Waals surface area contributed by atoms with E-state index in [0.29, 0.717) is 25.0 Å². The monoisotopic (exact) mass is 384 g/mol. The molecule has 0 bridgehead atoms. The number of halogens is 2. The minimum absolute atomic E-state index is 0.154. The summed E-state index contributed by atoms with van der Waals surface area (Å²) in [6.07, 6.45) is 0.783. The average molecular weight is 384 g/mol. The highest BCUT2D eigenvalue weighted by Crippen LogP contribution is 2.47. The van der Waals surface area contributed by atoms with E-state index < -0.39 is 6.43 Å². The van der Waals surface area contributed by atoms with E-state index in [1.807, 2.05) is 6.07 Å². The third-order valence-electron chi connectivity index (χ3n) is 5.99. The summed E-state index contributed by atoms with van der Waals surface area (Å²) in [5, 5.41) is 2.91. The molecular formula is C19H26F2N2O2S. The Morgan fingerprint density at radius 2 is 2.35 bits per heavy atom. The summed E-state index contributed by atoms with van der Waals surface area (Å²) < 4.78 is 31.9. The summed E-state index contributed by atoms with van der Waals surface area (Å²) >= 11 is 1.53. The molecular weight excluding hydrogens is 358 g/mol. The van der Waals surface area contributed by atoms with Crippen molar-refractivity contribution in [3.8, 4) is 0 Å². The van der Waals surface area contributed by atoms with E-state index in [1.165, 1.54) is 21.8 Å². The second-order valence-electron chi connectivity index (χ2n) is 7.93. The van der Waals surface area contributed by atoms with Crippen LogP contribution in [0.25, 0.3) is 0 Å². The first-order chi connectivity index (χ1) is 12.4. The fourth-order valence-corrected chi connectivity index (χ4v) is 6.11. The van der Waals surface area contributed by atoms with Gasteiger partial charge in [0.05, 0.1) is 6.61 Å². The molecule has 1 amide bonds. The van der Waals surface area contributed by atoms with E-state index in [0.717, 1.165) is 43.8 Å². The van der Waals surface area contributed by atoms with Crippen LogP contribution in [0.1, 0.15) is 41.5 Å². The Bertz CT molecular complexity index is 680. The SMILES string of the molecule is C[C@H]1C[C@@]2(CCN1CC1CNC(=O)C1)OCCc1cc(CC(F)F)sc12. The normalized spacial score (nSPS) is 32.2. The number of fused-ring (bicyclic) bond motifs is 2. The Labute approximate surface area is 156 Å². The molecule has 4 rings (SSSR count). The van der Waals surface area contributed by atoms with E-state index in [4.69, 9.17) is 4.74 Å². The molecule has 4 heterocycles. The van der Waals surface area contributed by atoms with Gasteiger partial charge in [-0.25, -0.2) is 8.78 Å². The summed E-state index contributed by atoms with van der Waals surface area (Å²) in [4.78, 5) is 15.9. The lowest BCUT2D eigenvalue weighted by Gasteiger charge is -2.47. The van der Waals surface area contributed by atoms with Crippen molar-refractivity contribution in [2.75, 3.05) is 26.2 Å². The number of carbonyl (C=O) groups is 1. The molecule has 1 spiro atoms. The van der Waals surface area contributed by atoms with Crippen LogP contribution in [0.2, 0.25) is 0 Å². The second-order valence-corrected chi connectivity index (χ2v) is 9.06. The van der Waals surface area contributed by atoms with Crippen LogP contribution >= 0.6 is 11.3 Å². The highest BCUT2D eigenvalue weighted by atomic mass is 32.1. The lowest BCUT2D eigenvalue weighted by atomic mass is 9.81. The smallest absolute Gasteiger partial charge is 0.243 e. The van der Waals surface area contributed by atoms with Gasteiger partial charge in [0.2, 0.25) is 12.3 Å². The predicted octanol–water partition coefficient (Wildman–Crippen LogP) is 2.94. The number of hydrogen-bond acceptors (Lipinski definition) is 4. The fourth-order valence-electron chi connectivity index (χ4n) is 4.72. The molecule has 3 atom stereocenters. The zero-order valence-electron chi connectivity index (χ0n) is 15.1. The standard InChI is InChI=1S/C19H26F2N2O2S/c1-12-9-19(3-4-23(12)11-13-6-17(24)22-10-13)18-14(2-5-25-19)7-15(26-18)8-16(20)21/h7,12-13,16H,2-6,8-11H2,1H3,(H,22,24)/t12-,13?,19+/m0/s1. The van der Waals surface area contributed by atoms with Gasteiger partial charge in [-0.1, -0.05) is 0 Å². The first-order valence-electron chi connectivity index (χ1n) is 9.50. The van der Waals surface area contributed by atoms with Crippen LogP contribution in [0.5, 0.6) is 0 Å². The van der Waals surface area contributed by atoms with Crippen LogP contribution in [0.3, 0.4) is 0 Å². The molecule has 3 aliphatic heterocycles. The van der Waals surface area contributed by atoms with Crippen molar-refractivity contribution in [2.24, 2.45) is 5.92 Å². The summed E-state index contributed by atoms with van der Waals surface area (Å²) in [7, 11) is 0. The second kappa shape index (κ2) is 7.17. The molecule has 2 fully saturated rings. The van der Waals surface area contributed by atoms with E-state index in [9.17, 15) is 13.6 Å². The number of ether oxygens (including phenoxy) is 1.